The predicted molar refractivity (Wildman–Crippen MR) is 115 cm³/mol. The van der Waals surface area contributed by atoms with Gasteiger partial charge in [-0.3, -0.25) is 4.79 Å². The molecule has 5 nitrogen and oxygen atoms in total. The van der Waals surface area contributed by atoms with E-state index in [1.54, 1.807) is 0 Å². The van der Waals surface area contributed by atoms with Crippen molar-refractivity contribution in [3.63, 3.8) is 0 Å². The van der Waals surface area contributed by atoms with Crippen LogP contribution < -0.4 is 10.2 Å². The molecule has 0 atom stereocenters. The zero-order chi connectivity index (χ0) is 19.5. The fraction of sp³-hybridized carbons (Fsp3) is 0.227. The summed E-state index contributed by atoms with van der Waals surface area (Å²) in [6, 6.07) is 17.2. The number of hydrogen-bond acceptors (Lipinski definition) is 3. The Hall–Kier alpha value is -2.76. The van der Waals surface area contributed by atoms with Gasteiger partial charge in [-0.15, -0.1) is 0 Å². The highest BCUT2D eigenvalue weighted by molar-refractivity contribution is 6.31. The number of likely N-dealkylation sites (N-methyl/N-ethyl adjacent to an activating group) is 1. The second-order valence-electron chi connectivity index (χ2n) is 7.04. The molecule has 1 aromatic heterocycles. The molecule has 0 spiro atoms. The lowest BCUT2D eigenvalue weighted by Gasteiger charge is -2.35. The monoisotopic (exact) mass is 394 g/mol. The highest BCUT2D eigenvalue weighted by Gasteiger charge is 2.18. The third-order valence-corrected chi connectivity index (χ3v) is 5.32. The minimum Gasteiger partial charge on any atom is -0.367 e. The summed E-state index contributed by atoms with van der Waals surface area (Å²) < 4.78 is 2.00. The summed E-state index contributed by atoms with van der Waals surface area (Å²) in [5, 5.41) is 3.65. The van der Waals surface area contributed by atoms with Crippen LogP contribution in [0.3, 0.4) is 0 Å². The lowest BCUT2D eigenvalue weighted by atomic mass is 10.1. The van der Waals surface area contributed by atoms with Gasteiger partial charge in [-0.2, -0.15) is 0 Å². The standard InChI is InChI=1S/C22H23ClN4O/c1-25-12-14-27(15-13-25)21-9-6-18(23)16-20(21)24-22(28)17-4-7-19(8-5-17)26-10-2-3-11-26/h2-11,16H,12-15H2,1H3,(H,24,28). The Kier molecular flexibility index (Phi) is 5.37. The van der Waals surface area contributed by atoms with Crippen molar-refractivity contribution in [2.24, 2.45) is 0 Å². The van der Waals surface area contributed by atoms with E-state index in [4.69, 9.17) is 11.6 Å². The van der Waals surface area contributed by atoms with Crippen molar-refractivity contribution in [3.05, 3.63) is 77.6 Å². The number of amides is 1. The van der Waals surface area contributed by atoms with E-state index in [0.29, 0.717) is 10.6 Å². The maximum atomic E-state index is 12.8. The number of hydrogen-bond donors (Lipinski definition) is 1. The molecule has 2 heterocycles. The van der Waals surface area contributed by atoms with Gasteiger partial charge < -0.3 is 19.7 Å². The first-order valence-corrected chi connectivity index (χ1v) is 9.76. The summed E-state index contributed by atoms with van der Waals surface area (Å²) in [6.45, 7) is 3.84. The van der Waals surface area contributed by atoms with Crippen LogP contribution in [0.1, 0.15) is 10.4 Å². The molecule has 0 saturated carbocycles. The molecule has 0 bridgehead atoms. The molecule has 6 heteroatoms. The fourth-order valence-corrected chi connectivity index (χ4v) is 3.59. The van der Waals surface area contributed by atoms with Crippen molar-refractivity contribution in [2.45, 2.75) is 0 Å². The molecule has 0 radical (unpaired) electrons. The van der Waals surface area contributed by atoms with Gasteiger partial charge in [0.25, 0.3) is 5.91 Å². The molecule has 1 aliphatic heterocycles. The first kappa shape index (κ1) is 18.6. The summed E-state index contributed by atoms with van der Waals surface area (Å²) in [5.74, 6) is -0.142. The molecule has 144 valence electrons. The van der Waals surface area contributed by atoms with E-state index in [9.17, 15) is 4.79 Å². The summed E-state index contributed by atoms with van der Waals surface area (Å²) in [7, 11) is 2.12. The number of benzene rings is 2. The lowest BCUT2D eigenvalue weighted by molar-refractivity contribution is 0.102. The molecular formula is C22H23ClN4O. The van der Waals surface area contributed by atoms with E-state index in [-0.39, 0.29) is 5.91 Å². The maximum Gasteiger partial charge on any atom is 0.255 e. The summed E-state index contributed by atoms with van der Waals surface area (Å²) >= 11 is 6.21. The van der Waals surface area contributed by atoms with Crippen LogP contribution in [0.4, 0.5) is 11.4 Å². The Balaban J connectivity index is 1.53. The first-order valence-electron chi connectivity index (χ1n) is 9.38. The molecule has 1 saturated heterocycles. The molecule has 3 aromatic rings. The van der Waals surface area contributed by atoms with E-state index in [0.717, 1.165) is 43.2 Å². The van der Waals surface area contributed by atoms with Gasteiger partial charge in [0.1, 0.15) is 0 Å². The summed E-state index contributed by atoms with van der Waals surface area (Å²) in [6.07, 6.45) is 3.95. The first-order chi connectivity index (χ1) is 13.6. The zero-order valence-electron chi connectivity index (χ0n) is 15.8. The van der Waals surface area contributed by atoms with E-state index >= 15 is 0 Å². The number of nitrogens with zero attached hydrogens (tertiary/aromatic N) is 3. The minimum absolute atomic E-state index is 0.142. The number of piperazine rings is 1. The largest absolute Gasteiger partial charge is 0.367 e. The molecule has 0 aliphatic carbocycles. The Bertz CT molecular complexity index is 945. The second kappa shape index (κ2) is 8.09. The van der Waals surface area contributed by atoms with Gasteiger partial charge >= 0.3 is 0 Å². The Morgan fingerprint density at radius 1 is 0.964 bits per heavy atom. The molecule has 1 N–H and O–H groups in total. The lowest BCUT2D eigenvalue weighted by Crippen LogP contribution is -2.44. The maximum absolute atomic E-state index is 12.8. The van der Waals surface area contributed by atoms with Gasteiger partial charge in [-0.25, -0.2) is 0 Å². The summed E-state index contributed by atoms with van der Waals surface area (Å²) in [5.41, 5.74) is 3.38. The molecule has 0 unspecified atom stereocenters. The Labute approximate surface area is 170 Å². The van der Waals surface area contributed by atoms with Crippen molar-refractivity contribution >= 4 is 28.9 Å². The molecule has 28 heavy (non-hydrogen) atoms. The number of halogens is 1. The Morgan fingerprint density at radius 2 is 1.64 bits per heavy atom. The predicted octanol–water partition coefficient (Wildman–Crippen LogP) is 4.13. The van der Waals surface area contributed by atoms with Crippen molar-refractivity contribution in [1.29, 1.82) is 0 Å². The third kappa shape index (κ3) is 4.06. The van der Waals surface area contributed by atoms with Crippen LogP contribution in [-0.2, 0) is 0 Å². The molecule has 1 fully saturated rings. The molecule has 1 aliphatic rings. The van der Waals surface area contributed by atoms with Gasteiger partial charge in [0.15, 0.2) is 0 Å². The van der Waals surface area contributed by atoms with Crippen LogP contribution >= 0.6 is 11.6 Å². The number of aromatic nitrogens is 1. The average molecular weight is 395 g/mol. The molecular weight excluding hydrogens is 372 g/mol. The Morgan fingerprint density at radius 3 is 2.32 bits per heavy atom. The SMILES string of the molecule is CN1CCN(c2ccc(Cl)cc2NC(=O)c2ccc(-n3cccc3)cc2)CC1. The van der Waals surface area contributed by atoms with Crippen LogP contribution in [0.5, 0.6) is 0 Å². The number of carbonyl (C=O) groups excluding carboxylic acids is 1. The van der Waals surface area contributed by atoms with Crippen molar-refractivity contribution < 1.29 is 4.79 Å². The minimum atomic E-state index is -0.142. The van der Waals surface area contributed by atoms with Crippen LogP contribution in [0, 0.1) is 0 Å². The van der Waals surface area contributed by atoms with Crippen molar-refractivity contribution in [2.75, 3.05) is 43.4 Å². The second-order valence-corrected chi connectivity index (χ2v) is 7.48. The average Bonchev–Trinajstić information content (AvgIpc) is 3.24. The van der Waals surface area contributed by atoms with Gasteiger partial charge in [0.2, 0.25) is 0 Å². The molecule has 2 aromatic carbocycles. The van der Waals surface area contributed by atoms with Crippen LogP contribution in [0.15, 0.2) is 67.0 Å². The normalized spacial score (nSPS) is 14.9. The van der Waals surface area contributed by atoms with E-state index in [1.807, 2.05) is 71.6 Å². The molecule has 4 rings (SSSR count). The number of carbonyl (C=O) groups is 1. The third-order valence-electron chi connectivity index (χ3n) is 5.08. The zero-order valence-corrected chi connectivity index (χ0v) is 16.6. The van der Waals surface area contributed by atoms with Crippen LogP contribution in [0.2, 0.25) is 5.02 Å². The van der Waals surface area contributed by atoms with E-state index < -0.39 is 0 Å². The van der Waals surface area contributed by atoms with Crippen LogP contribution in [-0.4, -0.2) is 48.6 Å². The number of nitrogens with one attached hydrogen (secondary N) is 1. The topological polar surface area (TPSA) is 40.5 Å². The highest BCUT2D eigenvalue weighted by atomic mass is 35.5. The quantitative estimate of drug-likeness (QED) is 0.723. The highest BCUT2D eigenvalue weighted by Crippen LogP contribution is 2.30. The van der Waals surface area contributed by atoms with E-state index in [2.05, 4.69) is 22.2 Å². The van der Waals surface area contributed by atoms with Crippen molar-refractivity contribution in [1.82, 2.24) is 9.47 Å². The van der Waals surface area contributed by atoms with Gasteiger partial charge in [0, 0.05) is 54.8 Å². The number of rotatable bonds is 4. The van der Waals surface area contributed by atoms with Crippen molar-refractivity contribution in [3.8, 4) is 5.69 Å². The van der Waals surface area contributed by atoms with E-state index in [1.165, 1.54) is 0 Å². The number of anilines is 2. The van der Waals surface area contributed by atoms with Gasteiger partial charge in [0.05, 0.1) is 11.4 Å². The van der Waals surface area contributed by atoms with Crippen LogP contribution in [0.25, 0.3) is 5.69 Å². The fourth-order valence-electron chi connectivity index (χ4n) is 3.42. The smallest absolute Gasteiger partial charge is 0.255 e. The van der Waals surface area contributed by atoms with Gasteiger partial charge in [-0.1, -0.05) is 11.6 Å². The van der Waals surface area contributed by atoms with Gasteiger partial charge in [-0.05, 0) is 61.6 Å². The summed E-state index contributed by atoms with van der Waals surface area (Å²) in [4.78, 5) is 17.4. The molecule has 1 amide bonds.